The average molecular weight is 238 g/mol. The van der Waals surface area contributed by atoms with E-state index in [0.29, 0.717) is 12.4 Å². The number of methoxy groups -OCH3 is 2. The van der Waals surface area contributed by atoms with Gasteiger partial charge in [0.1, 0.15) is 11.5 Å². The summed E-state index contributed by atoms with van der Waals surface area (Å²) in [6, 6.07) is 3.65. The highest BCUT2D eigenvalue weighted by molar-refractivity contribution is 5.74. The second-order valence-corrected chi connectivity index (χ2v) is 3.57. The van der Waals surface area contributed by atoms with Gasteiger partial charge in [-0.2, -0.15) is 0 Å². The molecule has 94 valence electrons. The fraction of sp³-hybridized carbons (Fsp3) is 0.462. The summed E-state index contributed by atoms with van der Waals surface area (Å²) in [5.41, 5.74) is 1.70. The first-order valence-corrected chi connectivity index (χ1v) is 5.50. The van der Waals surface area contributed by atoms with E-state index in [9.17, 15) is 4.79 Å². The number of esters is 1. The Hall–Kier alpha value is -1.71. The molecule has 4 nitrogen and oxygen atoms in total. The molecule has 1 rings (SSSR count). The lowest BCUT2D eigenvalue weighted by atomic mass is 10.1. The number of benzene rings is 1. The zero-order chi connectivity index (χ0) is 12.8. The maximum Gasteiger partial charge on any atom is 0.310 e. The van der Waals surface area contributed by atoms with E-state index in [2.05, 4.69) is 0 Å². The number of ether oxygens (including phenoxy) is 3. The van der Waals surface area contributed by atoms with Gasteiger partial charge in [-0.25, -0.2) is 0 Å². The van der Waals surface area contributed by atoms with Crippen LogP contribution in [0.1, 0.15) is 18.1 Å². The van der Waals surface area contributed by atoms with Crippen molar-refractivity contribution in [3.63, 3.8) is 0 Å². The highest BCUT2D eigenvalue weighted by atomic mass is 16.5. The van der Waals surface area contributed by atoms with E-state index in [0.717, 1.165) is 16.9 Å². The quantitative estimate of drug-likeness (QED) is 0.737. The summed E-state index contributed by atoms with van der Waals surface area (Å²) >= 11 is 0. The zero-order valence-corrected chi connectivity index (χ0v) is 10.7. The van der Waals surface area contributed by atoms with Crippen LogP contribution < -0.4 is 9.47 Å². The smallest absolute Gasteiger partial charge is 0.310 e. The molecular weight excluding hydrogens is 220 g/mol. The standard InChI is InChI=1S/C13H18O4/c1-5-17-12(14)8-10-6-7-11(15-3)9(2)13(10)16-4/h6-7H,5,8H2,1-4H3. The number of hydrogen-bond acceptors (Lipinski definition) is 4. The molecule has 0 aliphatic carbocycles. The normalized spacial score (nSPS) is 9.88. The molecule has 1 aromatic carbocycles. The van der Waals surface area contributed by atoms with E-state index in [1.807, 2.05) is 19.1 Å². The molecule has 0 fully saturated rings. The summed E-state index contributed by atoms with van der Waals surface area (Å²) in [7, 11) is 3.18. The first kappa shape index (κ1) is 13.4. The van der Waals surface area contributed by atoms with Crippen molar-refractivity contribution in [2.45, 2.75) is 20.3 Å². The van der Waals surface area contributed by atoms with Crippen molar-refractivity contribution in [3.8, 4) is 11.5 Å². The minimum atomic E-state index is -0.254. The van der Waals surface area contributed by atoms with Crippen molar-refractivity contribution in [2.24, 2.45) is 0 Å². The molecule has 17 heavy (non-hydrogen) atoms. The summed E-state index contributed by atoms with van der Waals surface area (Å²) in [5.74, 6) is 1.17. The first-order chi connectivity index (χ1) is 8.13. The van der Waals surface area contributed by atoms with Crippen LogP contribution in [0, 0.1) is 6.92 Å². The Morgan fingerprint density at radius 1 is 1.24 bits per heavy atom. The molecule has 0 aliphatic rings. The van der Waals surface area contributed by atoms with Crippen LogP contribution in [0.3, 0.4) is 0 Å². The lowest BCUT2D eigenvalue weighted by Gasteiger charge is -2.13. The van der Waals surface area contributed by atoms with Gasteiger partial charge < -0.3 is 14.2 Å². The highest BCUT2D eigenvalue weighted by Gasteiger charge is 2.14. The molecular formula is C13H18O4. The molecule has 0 radical (unpaired) electrons. The third-order valence-corrected chi connectivity index (χ3v) is 2.50. The van der Waals surface area contributed by atoms with E-state index < -0.39 is 0 Å². The Balaban J connectivity index is 3.00. The molecule has 4 heteroatoms. The Morgan fingerprint density at radius 3 is 2.47 bits per heavy atom. The molecule has 0 heterocycles. The molecule has 0 amide bonds. The van der Waals surface area contributed by atoms with Crippen LogP contribution in [-0.2, 0) is 16.0 Å². The monoisotopic (exact) mass is 238 g/mol. The van der Waals surface area contributed by atoms with Gasteiger partial charge in [-0.15, -0.1) is 0 Å². The van der Waals surface area contributed by atoms with Crippen LogP contribution in [0.4, 0.5) is 0 Å². The van der Waals surface area contributed by atoms with Crippen molar-refractivity contribution in [1.82, 2.24) is 0 Å². The van der Waals surface area contributed by atoms with Gasteiger partial charge in [0, 0.05) is 11.1 Å². The molecule has 0 N–H and O–H groups in total. The van der Waals surface area contributed by atoms with Gasteiger partial charge in [-0.05, 0) is 19.9 Å². The molecule has 0 aromatic heterocycles. The molecule has 0 saturated heterocycles. The summed E-state index contributed by atoms with van der Waals surface area (Å²) in [6.45, 7) is 4.07. The van der Waals surface area contributed by atoms with Gasteiger partial charge in [-0.1, -0.05) is 6.07 Å². The number of hydrogen-bond donors (Lipinski definition) is 0. The van der Waals surface area contributed by atoms with Crippen LogP contribution in [0.2, 0.25) is 0 Å². The fourth-order valence-electron chi connectivity index (χ4n) is 1.74. The van der Waals surface area contributed by atoms with Crippen molar-refractivity contribution < 1.29 is 19.0 Å². The summed E-state index contributed by atoms with van der Waals surface area (Å²) in [5, 5.41) is 0. The predicted octanol–water partition coefficient (Wildman–Crippen LogP) is 2.12. The highest BCUT2D eigenvalue weighted by Crippen LogP contribution is 2.31. The van der Waals surface area contributed by atoms with Gasteiger partial charge in [-0.3, -0.25) is 4.79 Å². The molecule has 0 spiro atoms. The van der Waals surface area contributed by atoms with Crippen LogP contribution in [0.5, 0.6) is 11.5 Å². The average Bonchev–Trinajstić information content (AvgIpc) is 2.30. The SMILES string of the molecule is CCOC(=O)Cc1ccc(OC)c(C)c1OC. The van der Waals surface area contributed by atoms with Crippen molar-refractivity contribution in [1.29, 1.82) is 0 Å². The van der Waals surface area contributed by atoms with E-state index in [-0.39, 0.29) is 12.4 Å². The largest absolute Gasteiger partial charge is 0.496 e. The van der Waals surface area contributed by atoms with Gasteiger partial charge >= 0.3 is 5.97 Å². The Labute approximate surface area is 101 Å². The zero-order valence-electron chi connectivity index (χ0n) is 10.7. The minimum Gasteiger partial charge on any atom is -0.496 e. The lowest BCUT2D eigenvalue weighted by Crippen LogP contribution is -2.09. The first-order valence-electron chi connectivity index (χ1n) is 5.50. The van der Waals surface area contributed by atoms with Crippen LogP contribution in [-0.4, -0.2) is 26.8 Å². The third kappa shape index (κ3) is 3.12. The summed E-state index contributed by atoms with van der Waals surface area (Å²) in [6.07, 6.45) is 0.210. The van der Waals surface area contributed by atoms with Crippen molar-refractivity contribution in [3.05, 3.63) is 23.3 Å². The Bertz CT molecular complexity index is 399. The van der Waals surface area contributed by atoms with Crippen LogP contribution in [0.15, 0.2) is 12.1 Å². The second-order valence-electron chi connectivity index (χ2n) is 3.57. The van der Waals surface area contributed by atoms with Crippen molar-refractivity contribution in [2.75, 3.05) is 20.8 Å². The molecule has 0 saturated carbocycles. The van der Waals surface area contributed by atoms with E-state index in [1.165, 1.54) is 0 Å². The predicted molar refractivity (Wildman–Crippen MR) is 64.6 cm³/mol. The maximum atomic E-state index is 11.4. The Kier molecular flexibility index (Phi) is 4.82. The van der Waals surface area contributed by atoms with Gasteiger partial charge in [0.15, 0.2) is 0 Å². The molecule has 0 atom stereocenters. The molecule has 0 unspecified atom stereocenters. The van der Waals surface area contributed by atoms with E-state index in [1.54, 1.807) is 21.1 Å². The molecule has 0 aliphatic heterocycles. The summed E-state index contributed by atoms with van der Waals surface area (Å²) < 4.78 is 15.4. The summed E-state index contributed by atoms with van der Waals surface area (Å²) in [4.78, 5) is 11.4. The number of rotatable bonds is 5. The Morgan fingerprint density at radius 2 is 1.94 bits per heavy atom. The number of carbonyl (C=O) groups excluding carboxylic acids is 1. The van der Waals surface area contributed by atoms with Gasteiger partial charge in [0.25, 0.3) is 0 Å². The fourth-order valence-corrected chi connectivity index (χ4v) is 1.74. The van der Waals surface area contributed by atoms with Crippen LogP contribution >= 0.6 is 0 Å². The third-order valence-electron chi connectivity index (χ3n) is 2.50. The topological polar surface area (TPSA) is 44.8 Å². The molecule has 0 bridgehead atoms. The molecule has 1 aromatic rings. The van der Waals surface area contributed by atoms with Gasteiger partial charge in [0.05, 0.1) is 27.2 Å². The van der Waals surface area contributed by atoms with E-state index in [4.69, 9.17) is 14.2 Å². The van der Waals surface area contributed by atoms with Crippen LogP contribution in [0.25, 0.3) is 0 Å². The minimum absolute atomic E-state index is 0.210. The number of carbonyl (C=O) groups is 1. The van der Waals surface area contributed by atoms with E-state index >= 15 is 0 Å². The van der Waals surface area contributed by atoms with Gasteiger partial charge in [0.2, 0.25) is 0 Å². The second kappa shape index (κ2) is 6.13. The lowest BCUT2D eigenvalue weighted by molar-refractivity contribution is -0.142. The van der Waals surface area contributed by atoms with Crippen molar-refractivity contribution >= 4 is 5.97 Å². The maximum absolute atomic E-state index is 11.4.